The van der Waals surface area contributed by atoms with Gasteiger partial charge in [0, 0.05) is 6.20 Å². The van der Waals surface area contributed by atoms with Crippen LogP contribution < -0.4 is 0 Å². The molecule has 0 aromatic carbocycles. The number of carbonyl (C=O) groups excluding carboxylic acids is 1. The minimum atomic E-state index is -2.86. The Morgan fingerprint density at radius 2 is 2.25 bits per heavy atom. The predicted octanol–water partition coefficient (Wildman–Crippen LogP) is 1.75. The van der Waals surface area contributed by atoms with Crippen LogP contribution in [0.1, 0.15) is 23.2 Å². The van der Waals surface area contributed by atoms with Gasteiger partial charge in [-0.15, -0.1) is 0 Å². The molecule has 1 heterocycles. The molecule has 16 heavy (non-hydrogen) atoms. The third-order valence-corrected chi connectivity index (χ3v) is 2.14. The van der Waals surface area contributed by atoms with Crippen molar-refractivity contribution in [1.82, 2.24) is 4.98 Å². The molecule has 88 valence electrons. The lowest BCUT2D eigenvalue weighted by Gasteiger charge is -2.11. The van der Waals surface area contributed by atoms with Crippen LogP contribution in [0.5, 0.6) is 5.75 Å². The fraction of sp³-hybridized carbons (Fsp3) is 0.400. The Kier molecular flexibility index (Phi) is 3.76. The van der Waals surface area contributed by atoms with E-state index in [1.807, 2.05) is 0 Å². The fourth-order valence-corrected chi connectivity index (χ4v) is 1.26. The van der Waals surface area contributed by atoms with Crippen molar-refractivity contribution in [2.75, 3.05) is 7.11 Å². The van der Waals surface area contributed by atoms with Crippen molar-refractivity contribution < 1.29 is 23.4 Å². The van der Waals surface area contributed by atoms with Gasteiger partial charge in [0.2, 0.25) is 0 Å². The lowest BCUT2D eigenvalue weighted by atomic mass is 10.1. The van der Waals surface area contributed by atoms with Crippen molar-refractivity contribution in [2.45, 2.75) is 19.8 Å². The molecule has 0 atom stereocenters. The number of hydrogen-bond acceptors (Lipinski definition) is 4. The Bertz CT molecular complexity index is 407. The second kappa shape index (κ2) is 4.87. The van der Waals surface area contributed by atoms with E-state index in [-0.39, 0.29) is 17.7 Å². The van der Waals surface area contributed by atoms with Gasteiger partial charge in [-0.1, -0.05) is 0 Å². The zero-order valence-corrected chi connectivity index (χ0v) is 8.83. The molecular formula is C10H11F2NO3. The number of esters is 1. The van der Waals surface area contributed by atoms with Gasteiger partial charge in [0.25, 0.3) is 6.43 Å². The van der Waals surface area contributed by atoms with Crippen molar-refractivity contribution in [3.05, 3.63) is 23.0 Å². The number of methoxy groups -OCH3 is 1. The summed E-state index contributed by atoms with van der Waals surface area (Å²) >= 11 is 0. The lowest BCUT2D eigenvalue weighted by Crippen LogP contribution is -2.08. The van der Waals surface area contributed by atoms with Gasteiger partial charge in [0.05, 0.1) is 24.8 Å². The highest BCUT2D eigenvalue weighted by molar-refractivity contribution is 5.73. The zero-order valence-electron chi connectivity index (χ0n) is 8.83. The first-order chi connectivity index (χ1) is 7.47. The number of carbonyl (C=O) groups is 1. The summed E-state index contributed by atoms with van der Waals surface area (Å²) in [4.78, 5) is 14.7. The molecule has 0 radical (unpaired) electrons. The number of hydrogen-bond donors (Lipinski definition) is 1. The van der Waals surface area contributed by atoms with Gasteiger partial charge >= 0.3 is 5.97 Å². The van der Waals surface area contributed by atoms with Gasteiger partial charge < -0.3 is 9.84 Å². The van der Waals surface area contributed by atoms with Gasteiger partial charge in [-0.2, -0.15) is 0 Å². The summed E-state index contributed by atoms with van der Waals surface area (Å²) in [5.41, 5.74) is -0.480. The average molecular weight is 231 g/mol. The minimum absolute atomic E-state index is 0.0232. The molecule has 0 saturated carbocycles. The van der Waals surface area contributed by atoms with Crippen molar-refractivity contribution in [3.63, 3.8) is 0 Å². The Balaban J connectivity index is 3.18. The molecule has 1 N–H and O–H groups in total. The third kappa shape index (κ3) is 2.44. The van der Waals surface area contributed by atoms with Gasteiger partial charge in [-0.25, -0.2) is 8.78 Å². The van der Waals surface area contributed by atoms with Crippen LogP contribution in [0.15, 0.2) is 6.20 Å². The molecule has 6 heteroatoms. The number of halogens is 2. The molecule has 1 aromatic heterocycles. The summed E-state index contributed by atoms with van der Waals surface area (Å²) in [5, 5.41) is 9.44. The molecule has 1 rings (SSSR count). The van der Waals surface area contributed by atoms with E-state index in [4.69, 9.17) is 0 Å². The first kappa shape index (κ1) is 12.4. The number of aromatic nitrogens is 1. The van der Waals surface area contributed by atoms with Gasteiger partial charge in [-0.05, 0) is 12.5 Å². The van der Waals surface area contributed by atoms with Gasteiger partial charge in [-0.3, -0.25) is 9.78 Å². The highest BCUT2D eigenvalue weighted by Crippen LogP contribution is 2.33. The standard InChI is InChI=1S/C10H11F2NO3/c1-5-9(15)8(10(11)12)6(4-13-5)3-7(14)16-2/h4,10,15H,3H2,1-2H3. The molecule has 0 aliphatic heterocycles. The summed E-state index contributed by atoms with van der Waals surface area (Å²) in [6.07, 6.45) is -2.05. The highest BCUT2D eigenvalue weighted by Gasteiger charge is 2.21. The Labute approximate surface area is 90.9 Å². The smallest absolute Gasteiger partial charge is 0.310 e. The Morgan fingerprint density at radius 1 is 1.62 bits per heavy atom. The summed E-state index contributed by atoms with van der Waals surface area (Å²) in [6, 6.07) is 0. The van der Waals surface area contributed by atoms with E-state index in [0.29, 0.717) is 0 Å². The Hall–Kier alpha value is -1.72. The van der Waals surface area contributed by atoms with Crippen molar-refractivity contribution in [2.24, 2.45) is 0 Å². The van der Waals surface area contributed by atoms with Crippen LogP contribution in [-0.4, -0.2) is 23.2 Å². The maximum absolute atomic E-state index is 12.7. The van der Waals surface area contributed by atoms with Crippen molar-refractivity contribution >= 4 is 5.97 Å². The first-order valence-electron chi connectivity index (χ1n) is 4.49. The number of pyridine rings is 1. The zero-order chi connectivity index (χ0) is 12.3. The van der Waals surface area contributed by atoms with Crippen LogP contribution in [-0.2, 0) is 16.0 Å². The molecule has 1 aromatic rings. The van der Waals surface area contributed by atoms with Gasteiger partial charge in [0.15, 0.2) is 0 Å². The van der Waals surface area contributed by atoms with Gasteiger partial charge in [0.1, 0.15) is 5.75 Å². The monoisotopic (exact) mass is 231 g/mol. The molecule has 0 unspecified atom stereocenters. The summed E-state index contributed by atoms with van der Waals surface area (Å²) in [5.74, 6) is -1.23. The first-order valence-corrected chi connectivity index (χ1v) is 4.49. The number of alkyl halides is 2. The van der Waals surface area contributed by atoms with Crippen molar-refractivity contribution in [3.8, 4) is 5.75 Å². The van der Waals surface area contributed by atoms with Crippen LogP contribution in [0.25, 0.3) is 0 Å². The third-order valence-electron chi connectivity index (χ3n) is 2.14. The summed E-state index contributed by atoms with van der Waals surface area (Å²) < 4.78 is 29.7. The number of nitrogens with zero attached hydrogens (tertiary/aromatic N) is 1. The molecule has 0 aliphatic carbocycles. The molecule has 0 amide bonds. The number of ether oxygens (including phenoxy) is 1. The van der Waals surface area contributed by atoms with Crippen LogP contribution in [0, 0.1) is 6.92 Å². The molecular weight excluding hydrogens is 220 g/mol. The molecule has 0 aliphatic rings. The van der Waals surface area contributed by atoms with Crippen LogP contribution >= 0.6 is 0 Å². The minimum Gasteiger partial charge on any atom is -0.506 e. The number of rotatable bonds is 3. The van der Waals surface area contributed by atoms with E-state index in [0.717, 1.165) is 13.3 Å². The Morgan fingerprint density at radius 3 is 2.75 bits per heavy atom. The maximum Gasteiger partial charge on any atom is 0.310 e. The largest absolute Gasteiger partial charge is 0.506 e. The average Bonchev–Trinajstić information content (AvgIpc) is 2.23. The molecule has 0 saturated heterocycles. The van der Waals surface area contributed by atoms with E-state index in [9.17, 15) is 18.7 Å². The van der Waals surface area contributed by atoms with E-state index < -0.39 is 23.7 Å². The van der Waals surface area contributed by atoms with E-state index >= 15 is 0 Å². The lowest BCUT2D eigenvalue weighted by molar-refractivity contribution is -0.139. The second-order valence-corrected chi connectivity index (χ2v) is 3.18. The topological polar surface area (TPSA) is 59.4 Å². The SMILES string of the molecule is COC(=O)Cc1cnc(C)c(O)c1C(F)F. The second-order valence-electron chi connectivity index (χ2n) is 3.18. The molecule has 0 bridgehead atoms. The fourth-order valence-electron chi connectivity index (χ4n) is 1.26. The predicted molar refractivity (Wildman–Crippen MR) is 51.3 cm³/mol. The van der Waals surface area contributed by atoms with E-state index in [1.165, 1.54) is 6.92 Å². The van der Waals surface area contributed by atoms with E-state index in [1.54, 1.807) is 0 Å². The number of aromatic hydroxyl groups is 1. The van der Waals surface area contributed by atoms with E-state index in [2.05, 4.69) is 9.72 Å². The number of aryl methyl sites for hydroxylation is 1. The maximum atomic E-state index is 12.7. The normalized spacial score (nSPS) is 10.6. The van der Waals surface area contributed by atoms with Crippen LogP contribution in [0.2, 0.25) is 0 Å². The molecule has 4 nitrogen and oxygen atoms in total. The van der Waals surface area contributed by atoms with Crippen LogP contribution in [0.3, 0.4) is 0 Å². The van der Waals surface area contributed by atoms with Crippen LogP contribution in [0.4, 0.5) is 8.78 Å². The molecule has 0 spiro atoms. The summed E-state index contributed by atoms with van der Waals surface area (Å²) in [7, 11) is 1.16. The quantitative estimate of drug-likeness (QED) is 0.805. The summed E-state index contributed by atoms with van der Waals surface area (Å²) in [6.45, 7) is 1.41. The molecule has 0 fully saturated rings. The van der Waals surface area contributed by atoms with Crippen molar-refractivity contribution in [1.29, 1.82) is 0 Å². The highest BCUT2D eigenvalue weighted by atomic mass is 19.3.